The van der Waals surface area contributed by atoms with E-state index in [1.165, 1.54) is 27.8 Å². The first-order valence-electron chi connectivity index (χ1n) is 13.1. The number of nitrogens with zero attached hydrogens (tertiary/aromatic N) is 2. The molecule has 3 aromatic rings. The highest BCUT2D eigenvalue weighted by molar-refractivity contribution is 6.30. The van der Waals surface area contributed by atoms with Gasteiger partial charge in [-0.25, -0.2) is 0 Å². The molecule has 3 aromatic carbocycles. The number of benzene rings is 3. The van der Waals surface area contributed by atoms with Gasteiger partial charge in [-0.1, -0.05) is 66.2 Å². The van der Waals surface area contributed by atoms with E-state index in [4.69, 9.17) is 11.6 Å². The Hall–Kier alpha value is -2.88. The first-order valence-corrected chi connectivity index (χ1v) is 13.4. The maximum Gasteiger partial charge on any atom is 0.254 e. The van der Waals surface area contributed by atoms with Crippen LogP contribution < -0.4 is 0 Å². The van der Waals surface area contributed by atoms with Crippen molar-refractivity contribution in [3.63, 3.8) is 0 Å². The Kier molecular flexibility index (Phi) is 5.81. The van der Waals surface area contributed by atoms with Crippen LogP contribution >= 0.6 is 11.6 Å². The number of amides is 1. The second kappa shape index (κ2) is 8.90. The SMILES string of the molecule is CN(C)C1(c2ccccc2)CCC2(CC1)C1=C(CCN2C(=O)c2ccc(Cl)cc2)c2ccccc2C1. The molecule has 0 N–H and O–H groups in total. The predicted octanol–water partition coefficient (Wildman–Crippen LogP) is 6.97. The fourth-order valence-corrected chi connectivity index (χ4v) is 7.32. The van der Waals surface area contributed by atoms with Gasteiger partial charge >= 0.3 is 0 Å². The molecule has 0 saturated heterocycles. The normalized spacial score (nSPS) is 25.3. The minimum absolute atomic E-state index is 0.0227. The van der Waals surface area contributed by atoms with Gasteiger partial charge in [-0.05, 0) is 105 Å². The summed E-state index contributed by atoms with van der Waals surface area (Å²) >= 11 is 6.15. The molecule has 6 rings (SSSR count). The summed E-state index contributed by atoms with van der Waals surface area (Å²) in [4.78, 5) is 18.7. The lowest BCUT2D eigenvalue weighted by Crippen LogP contribution is -2.60. The lowest BCUT2D eigenvalue weighted by molar-refractivity contribution is 0.00723. The van der Waals surface area contributed by atoms with Crippen molar-refractivity contribution in [2.75, 3.05) is 20.6 Å². The van der Waals surface area contributed by atoms with Crippen LogP contribution in [0.4, 0.5) is 0 Å². The van der Waals surface area contributed by atoms with Crippen LogP contribution in [0.2, 0.25) is 5.02 Å². The zero-order valence-electron chi connectivity index (χ0n) is 21.1. The second-order valence-corrected chi connectivity index (χ2v) is 11.3. The average Bonchev–Trinajstić information content (AvgIpc) is 3.30. The number of fused-ring (bicyclic) bond motifs is 3. The quantitative estimate of drug-likeness (QED) is 0.391. The van der Waals surface area contributed by atoms with Crippen molar-refractivity contribution in [1.29, 1.82) is 0 Å². The van der Waals surface area contributed by atoms with Gasteiger partial charge in [0.2, 0.25) is 0 Å². The van der Waals surface area contributed by atoms with E-state index in [1.54, 1.807) is 0 Å². The van der Waals surface area contributed by atoms with Crippen LogP contribution in [-0.4, -0.2) is 41.9 Å². The molecule has 3 nitrogen and oxygen atoms in total. The highest BCUT2D eigenvalue weighted by atomic mass is 35.5. The van der Waals surface area contributed by atoms with Crippen LogP contribution in [0.5, 0.6) is 0 Å². The molecule has 1 saturated carbocycles. The highest BCUT2D eigenvalue weighted by Crippen LogP contribution is 2.55. The van der Waals surface area contributed by atoms with E-state index in [9.17, 15) is 4.79 Å². The van der Waals surface area contributed by atoms with Crippen molar-refractivity contribution < 1.29 is 4.79 Å². The Morgan fingerprint density at radius 1 is 0.861 bits per heavy atom. The standard InChI is InChI=1S/C32H33ClN2O/c1-34(2)31(25-9-4-3-5-10-25)17-19-32(20-18-31)29-22-24-8-6-7-11-27(24)28(29)16-21-35(32)30(36)23-12-14-26(33)15-13-23/h3-15H,16-22H2,1-2H3. The number of carbonyl (C=O) groups excluding carboxylic acids is 1. The first-order chi connectivity index (χ1) is 17.4. The summed E-state index contributed by atoms with van der Waals surface area (Å²) in [6.45, 7) is 0.759. The number of hydrogen-bond acceptors (Lipinski definition) is 2. The summed E-state index contributed by atoms with van der Waals surface area (Å²) in [5, 5.41) is 0.660. The Morgan fingerprint density at radius 2 is 1.53 bits per heavy atom. The zero-order chi connectivity index (χ0) is 24.9. The average molecular weight is 497 g/mol. The lowest BCUT2D eigenvalue weighted by atomic mass is 9.63. The number of hydrogen-bond donors (Lipinski definition) is 0. The Bertz CT molecular complexity index is 1320. The predicted molar refractivity (Wildman–Crippen MR) is 147 cm³/mol. The molecule has 1 amide bonds. The van der Waals surface area contributed by atoms with E-state index in [0.29, 0.717) is 5.02 Å². The van der Waals surface area contributed by atoms with E-state index in [-0.39, 0.29) is 17.0 Å². The van der Waals surface area contributed by atoms with Crippen molar-refractivity contribution in [3.8, 4) is 0 Å². The maximum atomic E-state index is 14.1. The van der Waals surface area contributed by atoms with Gasteiger partial charge in [0.25, 0.3) is 5.91 Å². The molecule has 1 spiro atoms. The minimum Gasteiger partial charge on any atom is -0.329 e. The smallest absolute Gasteiger partial charge is 0.254 e. The fraction of sp³-hybridized carbons (Fsp3) is 0.344. The topological polar surface area (TPSA) is 23.6 Å². The molecule has 0 unspecified atom stereocenters. The highest BCUT2D eigenvalue weighted by Gasteiger charge is 2.53. The number of halogens is 1. The van der Waals surface area contributed by atoms with E-state index >= 15 is 0 Å². The summed E-state index contributed by atoms with van der Waals surface area (Å²) in [6, 6.07) is 27.2. The van der Waals surface area contributed by atoms with Gasteiger partial charge in [0.05, 0.1) is 5.54 Å². The third-order valence-electron chi connectivity index (χ3n) is 9.15. The molecule has 1 heterocycles. The van der Waals surface area contributed by atoms with E-state index < -0.39 is 0 Å². The fourth-order valence-electron chi connectivity index (χ4n) is 7.20. The molecule has 1 fully saturated rings. The van der Waals surface area contributed by atoms with Gasteiger partial charge in [0.1, 0.15) is 0 Å². The monoisotopic (exact) mass is 496 g/mol. The molecule has 4 heteroatoms. The molecule has 2 aliphatic carbocycles. The molecule has 3 aliphatic rings. The first kappa shape index (κ1) is 23.5. The molecule has 184 valence electrons. The van der Waals surface area contributed by atoms with E-state index in [2.05, 4.69) is 78.5 Å². The van der Waals surface area contributed by atoms with Crippen molar-refractivity contribution in [3.05, 3.63) is 112 Å². The lowest BCUT2D eigenvalue weighted by Gasteiger charge is -2.56. The molecule has 0 radical (unpaired) electrons. The molecule has 0 aromatic heterocycles. The summed E-state index contributed by atoms with van der Waals surface area (Å²) < 4.78 is 0. The largest absolute Gasteiger partial charge is 0.329 e. The molecular formula is C32H33ClN2O. The van der Waals surface area contributed by atoms with Crippen molar-refractivity contribution in [2.24, 2.45) is 0 Å². The van der Waals surface area contributed by atoms with Crippen molar-refractivity contribution in [1.82, 2.24) is 9.80 Å². The van der Waals surface area contributed by atoms with Crippen LogP contribution in [0, 0.1) is 0 Å². The molecule has 36 heavy (non-hydrogen) atoms. The number of carbonyl (C=O) groups is 1. The second-order valence-electron chi connectivity index (χ2n) is 10.8. The molecular weight excluding hydrogens is 464 g/mol. The van der Waals surface area contributed by atoms with Gasteiger partial charge in [0, 0.05) is 22.7 Å². The summed E-state index contributed by atoms with van der Waals surface area (Å²) in [6.07, 6.45) is 5.84. The molecule has 0 atom stereocenters. The van der Waals surface area contributed by atoms with Gasteiger partial charge in [-0.3, -0.25) is 9.69 Å². The van der Waals surface area contributed by atoms with Crippen LogP contribution in [0.1, 0.15) is 59.2 Å². The maximum absolute atomic E-state index is 14.1. The summed E-state index contributed by atoms with van der Waals surface area (Å²) in [7, 11) is 4.41. The van der Waals surface area contributed by atoms with Crippen LogP contribution in [0.25, 0.3) is 5.57 Å². The van der Waals surface area contributed by atoms with Gasteiger partial charge < -0.3 is 4.90 Å². The van der Waals surface area contributed by atoms with Crippen molar-refractivity contribution in [2.45, 2.75) is 49.6 Å². The Morgan fingerprint density at radius 3 is 2.22 bits per heavy atom. The summed E-state index contributed by atoms with van der Waals surface area (Å²) in [5.74, 6) is 0.131. The third-order valence-corrected chi connectivity index (χ3v) is 9.40. The van der Waals surface area contributed by atoms with Crippen LogP contribution in [0.3, 0.4) is 0 Å². The third kappa shape index (κ3) is 3.55. The Labute approximate surface area is 219 Å². The molecule has 1 aliphatic heterocycles. The minimum atomic E-state index is -0.252. The van der Waals surface area contributed by atoms with Crippen LogP contribution in [0.15, 0.2) is 84.4 Å². The van der Waals surface area contributed by atoms with Gasteiger partial charge in [0.15, 0.2) is 0 Å². The zero-order valence-corrected chi connectivity index (χ0v) is 21.9. The summed E-state index contributed by atoms with van der Waals surface area (Å²) in [5.41, 5.74) is 7.61. The van der Waals surface area contributed by atoms with E-state index in [1.807, 2.05) is 24.3 Å². The Balaban J connectivity index is 1.43. The van der Waals surface area contributed by atoms with Gasteiger partial charge in [-0.2, -0.15) is 0 Å². The van der Waals surface area contributed by atoms with Gasteiger partial charge in [-0.15, -0.1) is 0 Å². The number of rotatable bonds is 3. The van der Waals surface area contributed by atoms with E-state index in [0.717, 1.165) is 50.6 Å². The van der Waals surface area contributed by atoms with Crippen LogP contribution in [-0.2, 0) is 12.0 Å². The molecule has 0 bridgehead atoms. The van der Waals surface area contributed by atoms with Crippen molar-refractivity contribution >= 4 is 23.1 Å².